The maximum Gasteiger partial charge on any atom is 0.431 e. The summed E-state index contributed by atoms with van der Waals surface area (Å²) in [7, 11) is 0. The van der Waals surface area contributed by atoms with Crippen LogP contribution >= 0.6 is 0 Å². The van der Waals surface area contributed by atoms with Gasteiger partial charge < -0.3 is 15.6 Å². The van der Waals surface area contributed by atoms with Gasteiger partial charge >= 0.3 is 6.18 Å². The quantitative estimate of drug-likeness (QED) is 0.570. The van der Waals surface area contributed by atoms with Crippen molar-refractivity contribution in [2.24, 2.45) is 11.7 Å². The van der Waals surface area contributed by atoms with Crippen molar-refractivity contribution in [1.82, 2.24) is 9.88 Å². The van der Waals surface area contributed by atoms with Gasteiger partial charge in [-0.1, -0.05) is 5.92 Å². The van der Waals surface area contributed by atoms with Gasteiger partial charge in [-0.3, -0.25) is 9.69 Å². The summed E-state index contributed by atoms with van der Waals surface area (Å²) in [5.74, 6) is 4.52. The van der Waals surface area contributed by atoms with E-state index < -0.39 is 23.6 Å². The number of carbonyl (C=O) groups is 1. The highest BCUT2D eigenvalue weighted by Gasteiger charge is 2.42. The van der Waals surface area contributed by atoms with Crippen LogP contribution in [0.1, 0.15) is 41.4 Å². The number of nitrogens with one attached hydrogen (secondary N) is 1. The Morgan fingerprint density at radius 1 is 1.35 bits per heavy atom. The van der Waals surface area contributed by atoms with Crippen LogP contribution in [0.2, 0.25) is 0 Å². The standard InChI is InChI=1S/C22H24F4N4O/c1-3-4-7-29-8-5-6-13-10-30(11-16(13)29)19-15(23)9-14(21(27)31)18-17(19)12(2)20(28-18)22(24,25)26/h9,13,16,28H,5-8,10-11H2,1-2H3,(H2,27,31). The Bertz CT molecular complexity index is 1100. The molecular formula is C22H24F4N4O. The van der Waals surface area contributed by atoms with Gasteiger partial charge in [0.05, 0.1) is 23.3 Å². The van der Waals surface area contributed by atoms with Gasteiger partial charge in [0.15, 0.2) is 0 Å². The number of anilines is 1. The molecule has 3 heterocycles. The molecule has 31 heavy (non-hydrogen) atoms. The first-order valence-electron chi connectivity index (χ1n) is 10.2. The number of nitrogens with zero attached hydrogens (tertiary/aromatic N) is 2. The molecule has 5 nitrogen and oxygen atoms in total. The van der Waals surface area contributed by atoms with Crippen LogP contribution in [-0.4, -0.2) is 48.0 Å². The van der Waals surface area contributed by atoms with E-state index in [-0.39, 0.29) is 39.7 Å². The number of amides is 1. The lowest BCUT2D eigenvalue weighted by molar-refractivity contribution is -0.141. The van der Waals surface area contributed by atoms with Crippen molar-refractivity contribution in [3.8, 4) is 11.8 Å². The second-order valence-corrected chi connectivity index (χ2v) is 8.26. The molecular weight excluding hydrogens is 412 g/mol. The van der Waals surface area contributed by atoms with E-state index in [1.807, 2.05) is 4.90 Å². The molecule has 2 aliphatic rings. The average Bonchev–Trinajstić information content (AvgIpc) is 3.27. The molecule has 2 saturated heterocycles. The summed E-state index contributed by atoms with van der Waals surface area (Å²) >= 11 is 0. The fraction of sp³-hybridized carbons (Fsp3) is 0.500. The molecule has 0 spiro atoms. The smallest absolute Gasteiger partial charge is 0.367 e. The van der Waals surface area contributed by atoms with Gasteiger partial charge in [0.25, 0.3) is 5.91 Å². The Morgan fingerprint density at radius 3 is 2.74 bits per heavy atom. The number of alkyl halides is 3. The Balaban J connectivity index is 1.83. The normalized spacial score (nSPS) is 21.8. The van der Waals surface area contributed by atoms with Gasteiger partial charge in [-0.25, -0.2) is 4.39 Å². The Morgan fingerprint density at radius 2 is 2.10 bits per heavy atom. The van der Waals surface area contributed by atoms with Gasteiger partial charge in [0.2, 0.25) is 0 Å². The first-order valence-corrected chi connectivity index (χ1v) is 10.2. The maximum absolute atomic E-state index is 15.3. The number of benzene rings is 1. The van der Waals surface area contributed by atoms with E-state index in [4.69, 9.17) is 5.73 Å². The predicted octanol–water partition coefficient (Wildman–Crippen LogP) is 3.66. The van der Waals surface area contributed by atoms with Gasteiger partial charge in [-0.05, 0) is 50.8 Å². The van der Waals surface area contributed by atoms with Crippen LogP contribution in [0.4, 0.5) is 23.2 Å². The molecule has 1 amide bonds. The topological polar surface area (TPSA) is 65.4 Å². The number of hydrogen-bond donors (Lipinski definition) is 2. The summed E-state index contributed by atoms with van der Waals surface area (Å²) in [6.45, 7) is 5.61. The number of H-pyrrole nitrogens is 1. The number of hydrogen-bond acceptors (Lipinski definition) is 3. The van der Waals surface area contributed by atoms with Gasteiger partial charge in [-0.15, -0.1) is 5.92 Å². The van der Waals surface area contributed by atoms with E-state index in [1.165, 1.54) is 6.92 Å². The first kappa shape index (κ1) is 21.5. The number of fused-ring (bicyclic) bond motifs is 2. The second kappa shape index (κ2) is 7.75. The number of nitrogens with two attached hydrogens (primary N) is 1. The summed E-state index contributed by atoms with van der Waals surface area (Å²) < 4.78 is 56.0. The van der Waals surface area contributed by atoms with Crippen molar-refractivity contribution in [3.63, 3.8) is 0 Å². The van der Waals surface area contributed by atoms with E-state index in [0.29, 0.717) is 19.6 Å². The molecule has 2 fully saturated rings. The Hall–Kier alpha value is -2.73. The van der Waals surface area contributed by atoms with Crippen LogP contribution in [0.3, 0.4) is 0 Å². The summed E-state index contributed by atoms with van der Waals surface area (Å²) in [5.41, 5.74) is 3.95. The minimum absolute atomic E-state index is 0.0691. The average molecular weight is 436 g/mol. The van der Waals surface area contributed by atoms with E-state index >= 15 is 4.39 Å². The minimum Gasteiger partial charge on any atom is -0.367 e. The molecule has 2 atom stereocenters. The van der Waals surface area contributed by atoms with E-state index in [2.05, 4.69) is 21.7 Å². The summed E-state index contributed by atoms with van der Waals surface area (Å²) in [5, 5.41) is 0.0691. The Labute approximate surface area is 177 Å². The first-order chi connectivity index (χ1) is 14.6. The number of halogens is 4. The van der Waals surface area contributed by atoms with Crippen LogP contribution in [0, 0.1) is 30.5 Å². The SMILES string of the molecule is CC#CCN1CCCC2CN(c3c(F)cc(C(N)=O)c4[nH]c(C(F)(F)F)c(C)c34)CC21. The zero-order valence-corrected chi connectivity index (χ0v) is 17.4. The third-order valence-electron chi connectivity index (χ3n) is 6.47. The van der Waals surface area contributed by atoms with Crippen molar-refractivity contribution in [2.45, 2.75) is 38.9 Å². The molecule has 1 aromatic heterocycles. The zero-order valence-electron chi connectivity index (χ0n) is 17.4. The molecule has 0 bridgehead atoms. The van der Waals surface area contributed by atoms with Crippen LogP contribution in [0.15, 0.2) is 6.07 Å². The fourth-order valence-corrected chi connectivity index (χ4v) is 5.10. The van der Waals surface area contributed by atoms with Gasteiger partial charge in [0.1, 0.15) is 11.5 Å². The lowest BCUT2D eigenvalue weighted by atomic mass is 9.92. The molecule has 2 aromatic rings. The lowest BCUT2D eigenvalue weighted by Crippen LogP contribution is -2.45. The Kier molecular flexibility index (Phi) is 5.38. The molecule has 0 aliphatic carbocycles. The predicted molar refractivity (Wildman–Crippen MR) is 110 cm³/mol. The number of carbonyl (C=O) groups excluding carboxylic acids is 1. The fourth-order valence-electron chi connectivity index (χ4n) is 5.10. The molecule has 1 aromatic carbocycles. The number of primary amides is 1. The van der Waals surface area contributed by atoms with Gasteiger partial charge in [-0.2, -0.15) is 13.2 Å². The highest BCUT2D eigenvalue weighted by atomic mass is 19.4. The molecule has 0 saturated carbocycles. The molecule has 9 heteroatoms. The minimum atomic E-state index is -4.67. The summed E-state index contributed by atoms with van der Waals surface area (Å²) in [4.78, 5) is 18.2. The van der Waals surface area contributed by atoms with Crippen LogP contribution in [0.25, 0.3) is 10.9 Å². The molecule has 0 radical (unpaired) electrons. The second-order valence-electron chi connectivity index (χ2n) is 8.26. The molecule has 2 aliphatic heterocycles. The molecule has 3 N–H and O–H groups in total. The monoisotopic (exact) mass is 436 g/mol. The van der Waals surface area contributed by atoms with Crippen molar-refractivity contribution in [2.75, 3.05) is 31.1 Å². The third kappa shape index (κ3) is 3.63. The summed E-state index contributed by atoms with van der Waals surface area (Å²) in [6, 6.07) is 1.10. The number of aromatic amines is 1. The van der Waals surface area contributed by atoms with E-state index in [0.717, 1.165) is 25.5 Å². The molecule has 2 unspecified atom stereocenters. The highest BCUT2D eigenvalue weighted by molar-refractivity contribution is 6.10. The number of aromatic nitrogens is 1. The largest absolute Gasteiger partial charge is 0.431 e. The summed E-state index contributed by atoms with van der Waals surface area (Å²) in [6.07, 6.45) is -2.69. The van der Waals surface area contributed by atoms with E-state index in [1.54, 1.807) is 6.92 Å². The van der Waals surface area contributed by atoms with Crippen molar-refractivity contribution >= 4 is 22.5 Å². The third-order valence-corrected chi connectivity index (χ3v) is 6.47. The lowest BCUT2D eigenvalue weighted by Gasteiger charge is -2.35. The van der Waals surface area contributed by atoms with Crippen molar-refractivity contribution < 1.29 is 22.4 Å². The van der Waals surface area contributed by atoms with Crippen LogP contribution in [0.5, 0.6) is 0 Å². The molecule has 166 valence electrons. The van der Waals surface area contributed by atoms with Gasteiger partial charge in [0, 0.05) is 24.5 Å². The highest BCUT2D eigenvalue weighted by Crippen LogP contribution is 2.43. The molecule has 4 rings (SSSR count). The number of aryl methyl sites for hydroxylation is 1. The maximum atomic E-state index is 15.3. The number of rotatable bonds is 3. The van der Waals surface area contributed by atoms with E-state index in [9.17, 15) is 18.0 Å². The number of likely N-dealkylation sites (tertiary alicyclic amines) is 1. The zero-order chi connectivity index (χ0) is 22.5. The van der Waals surface area contributed by atoms with Crippen LogP contribution < -0.4 is 10.6 Å². The van der Waals surface area contributed by atoms with Crippen molar-refractivity contribution in [3.05, 3.63) is 28.7 Å². The van der Waals surface area contributed by atoms with Crippen molar-refractivity contribution in [1.29, 1.82) is 0 Å². The van der Waals surface area contributed by atoms with Crippen LogP contribution in [-0.2, 0) is 6.18 Å². The number of piperidine rings is 1.